The number of carbonyl (C=O) groups is 1. The van der Waals surface area contributed by atoms with Crippen LogP contribution in [0.2, 0.25) is 0 Å². The maximum absolute atomic E-state index is 12.2. The lowest BCUT2D eigenvalue weighted by Crippen LogP contribution is -2.27. The number of carbonyl (C=O) groups excluding carboxylic acids is 1. The van der Waals surface area contributed by atoms with Crippen LogP contribution in [0.4, 0.5) is 0 Å². The van der Waals surface area contributed by atoms with Crippen molar-refractivity contribution in [3.8, 4) is 0 Å². The van der Waals surface area contributed by atoms with E-state index < -0.39 is 0 Å². The third-order valence-electron chi connectivity index (χ3n) is 3.87. The van der Waals surface area contributed by atoms with Gasteiger partial charge in [-0.1, -0.05) is 60.7 Å². The summed E-state index contributed by atoms with van der Waals surface area (Å²) in [4.78, 5) is 12.2. The number of hydrogen-bond donors (Lipinski definition) is 0. The van der Waals surface area contributed by atoms with Crippen molar-refractivity contribution in [3.05, 3.63) is 83.9 Å². The first-order valence-corrected chi connectivity index (χ1v) is 7.30. The molecule has 0 unspecified atom stereocenters. The van der Waals surface area contributed by atoms with Crippen molar-refractivity contribution in [1.29, 1.82) is 0 Å². The number of esters is 1. The molecule has 1 aliphatic rings. The van der Waals surface area contributed by atoms with E-state index in [0.29, 0.717) is 5.56 Å². The van der Waals surface area contributed by atoms with E-state index in [4.69, 9.17) is 4.74 Å². The van der Waals surface area contributed by atoms with Crippen molar-refractivity contribution in [2.75, 3.05) is 0 Å². The Hall–Kier alpha value is -2.35. The summed E-state index contributed by atoms with van der Waals surface area (Å²) >= 11 is 0. The third kappa shape index (κ3) is 3.22. The van der Waals surface area contributed by atoms with Gasteiger partial charge in [-0.3, -0.25) is 0 Å². The summed E-state index contributed by atoms with van der Waals surface area (Å²) < 4.78 is 5.75. The highest BCUT2D eigenvalue weighted by Gasteiger charge is 2.27. The zero-order chi connectivity index (χ0) is 14.5. The van der Waals surface area contributed by atoms with Gasteiger partial charge in [0, 0.05) is 12.3 Å². The van der Waals surface area contributed by atoms with E-state index in [-0.39, 0.29) is 18.0 Å². The van der Waals surface area contributed by atoms with Crippen LogP contribution in [0.15, 0.2) is 72.8 Å². The molecule has 0 fully saturated rings. The first-order valence-electron chi connectivity index (χ1n) is 7.30. The second kappa shape index (κ2) is 6.40. The first-order chi connectivity index (χ1) is 10.3. The molecule has 3 rings (SSSR count). The van der Waals surface area contributed by atoms with Crippen molar-refractivity contribution in [3.63, 3.8) is 0 Å². The zero-order valence-corrected chi connectivity index (χ0v) is 11.8. The lowest BCUT2D eigenvalue weighted by atomic mass is 9.85. The topological polar surface area (TPSA) is 26.3 Å². The van der Waals surface area contributed by atoms with Crippen LogP contribution < -0.4 is 0 Å². The van der Waals surface area contributed by atoms with E-state index in [1.165, 1.54) is 5.56 Å². The quantitative estimate of drug-likeness (QED) is 0.616. The summed E-state index contributed by atoms with van der Waals surface area (Å²) in [6.07, 6.45) is 5.87. The molecule has 1 aliphatic carbocycles. The molecule has 0 aromatic heterocycles. The molecule has 2 atom stereocenters. The number of hydrogen-bond acceptors (Lipinski definition) is 2. The Morgan fingerprint density at radius 2 is 1.48 bits per heavy atom. The Kier molecular flexibility index (Phi) is 4.15. The zero-order valence-electron chi connectivity index (χ0n) is 11.8. The molecule has 0 spiro atoms. The molecular weight excluding hydrogens is 260 g/mol. The van der Waals surface area contributed by atoms with Gasteiger partial charge in [0.25, 0.3) is 0 Å². The molecule has 0 saturated carbocycles. The van der Waals surface area contributed by atoms with Crippen LogP contribution >= 0.6 is 0 Å². The molecule has 0 amide bonds. The van der Waals surface area contributed by atoms with Crippen LogP contribution in [0.3, 0.4) is 0 Å². The van der Waals surface area contributed by atoms with Crippen LogP contribution in [-0.4, -0.2) is 12.1 Å². The molecule has 2 heteroatoms. The fourth-order valence-electron chi connectivity index (χ4n) is 2.75. The van der Waals surface area contributed by atoms with Crippen LogP contribution in [0.25, 0.3) is 0 Å². The van der Waals surface area contributed by atoms with Gasteiger partial charge in [-0.05, 0) is 24.1 Å². The van der Waals surface area contributed by atoms with Crippen molar-refractivity contribution in [2.45, 2.75) is 24.9 Å². The van der Waals surface area contributed by atoms with Gasteiger partial charge in [-0.2, -0.15) is 0 Å². The lowest BCUT2D eigenvalue weighted by Gasteiger charge is -2.28. The van der Waals surface area contributed by atoms with Crippen LogP contribution in [0.5, 0.6) is 0 Å². The molecule has 106 valence electrons. The van der Waals surface area contributed by atoms with Gasteiger partial charge in [-0.15, -0.1) is 0 Å². The normalized spacial score (nSPS) is 21.0. The van der Waals surface area contributed by atoms with Gasteiger partial charge in [-0.25, -0.2) is 4.79 Å². The molecule has 2 nitrogen and oxygen atoms in total. The van der Waals surface area contributed by atoms with Crippen molar-refractivity contribution in [1.82, 2.24) is 0 Å². The molecule has 21 heavy (non-hydrogen) atoms. The molecular formula is C19H18O2. The van der Waals surface area contributed by atoms with Crippen molar-refractivity contribution >= 4 is 5.97 Å². The Morgan fingerprint density at radius 1 is 0.857 bits per heavy atom. The molecule has 0 aliphatic heterocycles. The molecule has 2 aromatic rings. The van der Waals surface area contributed by atoms with E-state index in [1.54, 1.807) is 12.1 Å². The highest BCUT2D eigenvalue weighted by atomic mass is 16.5. The van der Waals surface area contributed by atoms with E-state index >= 15 is 0 Å². The minimum absolute atomic E-state index is 0.0925. The highest BCUT2D eigenvalue weighted by molar-refractivity contribution is 5.89. The average molecular weight is 278 g/mol. The van der Waals surface area contributed by atoms with Gasteiger partial charge in [0.05, 0.1) is 5.56 Å². The van der Waals surface area contributed by atoms with Gasteiger partial charge >= 0.3 is 5.97 Å². The second-order valence-corrected chi connectivity index (χ2v) is 5.27. The van der Waals surface area contributed by atoms with Crippen molar-refractivity contribution < 1.29 is 9.53 Å². The lowest BCUT2D eigenvalue weighted by molar-refractivity contribution is 0.0230. The second-order valence-electron chi connectivity index (χ2n) is 5.27. The van der Waals surface area contributed by atoms with Crippen LogP contribution in [0, 0.1) is 0 Å². The summed E-state index contributed by atoms with van der Waals surface area (Å²) in [6.45, 7) is 0. The minimum Gasteiger partial charge on any atom is -0.458 e. The Morgan fingerprint density at radius 3 is 2.19 bits per heavy atom. The molecule has 0 heterocycles. The predicted molar refractivity (Wildman–Crippen MR) is 83.2 cm³/mol. The number of benzene rings is 2. The summed E-state index contributed by atoms with van der Waals surface area (Å²) in [5.74, 6) is 0.000642. The van der Waals surface area contributed by atoms with E-state index in [2.05, 4.69) is 24.3 Å². The van der Waals surface area contributed by atoms with E-state index in [0.717, 1.165) is 12.8 Å². The standard InChI is InChI=1S/C19H18O2/c20-19(16-11-5-2-6-12-16)21-18-14-8-7-13-17(18)15-9-3-1-4-10-15/h1-12,17-18H,13-14H2/t17-,18+/m1/s1. The molecule has 0 radical (unpaired) electrons. The largest absolute Gasteiger partial charge is 0.458 e. The molecule has 0 N–H and O–H groups in total. The third-order valence-corrected chi connectivity index (χ3v) is 3.87. The number of rotatable bonds is 3. The fourth-order valence-corrected chi connectivity index (χ4v) is 2.75. The van der Waals surface area contributed by atoms with Gasteiger partial charge in [0.1, 0.15) is 6.10 Å². The van der Waals surface area contributed by atoms with Crippen LogP contribution in [0.1, 0.15) is 34.7 Å². The van der Waals surface area contributed by atoms with Crippen molar-refractivity contribution in [2.24, 2.45) is 0 Å². The molecule has 0 bridgehead atoms. The van der Waals surface area contributed by atoms with E-state index in [9.17, 15) is 4.79 Å². The Labute approximate surface area is 125 Å². The maximum atomic E-state index is 12.2. The fraction of sp³-hybridized carbons (Fsp3) is 0.211. The van der Waals surface area contributed by atoms with E-state index in [1.807, 2.05) is 36.4 Å². The SMILES string of the molecule is O=C(O[C@H]1CC=CC[C@@H]1c1ccccc1)c1ccccc1. The summed E-state index contributed by atoms with van der Waals surface area (Å²) in [5, 5.41) is 0. The summed E-state index contributed by atoms with van der Waals surface area (Å²) in [5.41, 5.74) is 1.84. The van der Waals surface area contributed by atoms with Gasteiger partial charge in [0.15, 0.2) is 0 Å². The first kappa shape index (κ1) is 13.6. The Bertz CT molecular complexity index is 617. The summed E-state index contributed by atoms with van der Waals surface area (Å²) in [6, 6.07) is 19.5. The number of ether oxygens (including phenoxy) is 1. The Balaban J connectivity index is 1.77. The molecule has 0 saturated heterocycles. The van der Waals surface area contributed by atoms with Gasteiger partial charge in [0.2, 0.25) is 0 Å². The van der Waals surface area contributed by atoms with Crippen LogP contribution in [-0.2, 0) is 4.74 Å². The summed E-state index contributed by atoms with van der Waals surface area (Å²) in [7, 11) is 0. The monoisotopic (exact) mass is 278 g/mol. The average Bonchev–Trinajstić information content (AvgIpc) is 2.57. The highest BCUT2D eigenvalue weighted by Crippen LogP contribution is 2.32. The van der Waals surface area contributed by atoms with Gasteiger partial charge < -0.3 is 4.74 Å². The minimum atomic E-state index is -0.239. The smallest absolute Gasteiger partial charge is 0.338 e. The maximum Gasteiger partial charge on any atom is 0.338 e. The molecule has 2 aromatic carbocycles. The number of allylic oxidation sites excluding steroid dienone is 1. The predicted octanol–water partition coefficient (Wildman–Crippen LogP) is 4.35.